The van der Waals surface area contributed by atoms with Crippen LogP contribution in [0.4, 0.5) is 0 Å². The van der Waals surface area contributed by atoms with Crippen molar-refractivity contribution in [2.24, 2.45) is 5.92 Å². The van der Waals surface area contributed by atoms with Gasteiger partial charge in [0, 0.05) is 0 Å². The molecule has 64 valence electrons. The van der Waals surface area contributed by atoms with Gasteiger partial charge in [-0.05, 0) is 5.92 Å². The summed E-state index contributed by atoms with van der Waals surface area (Å²) in [6.45, 7) is 10.1. The summed E-state index contributed by atoms with van der Waals surface area (Å²) in [6.07, 6.45) is 4.13. The predicted octanol–water partition coefficient (Wildman–Crippen LogP) is 2.53. The predicted molar refractivity (Wildman–Crippen MR) is 58.5 cm³/mol. The lowest BCUT2D eigenvalue weighted by atomic mass is 9.37. The lowest BCUT2D eigenvalue weighted by molar-refractivity contribution is 0.467. The van der Waals surface area contributed by atoms with Crippen LogP contribution in [0.25, 0.3) is 0 Å². The van der Waals surface area contributed by atoms with E-state index < -0.39 is 0 Å². The molecule has 0 saturated carbocycles. The molecule has 0 saturated heterocycles. The van der Waals surface area contributed by atoms with Crippen LogP contribution in [-0.4, -0.2) is 14.6 Å². The van der Waals surface area contributed by atoms with Crippen molar-refractivity contribution in [2.45, 2.75) is 52.5 Å². The Morgan fingerprint density at radius 1 is 1.18 bits per heavy atom. The molecule has 0 N–H and O–H groups in total. The average molecular weight is 152 g/mol. The van der Waals surface area contributed by atoms with Gasteiger partial charge in [0.1, 0.15) is 6.71 Å². The normalized spacial score (nSPS) is 13.5. The zero-order valence-corrected chi connectivity index (χ0v) is 8.85. The first-order valence-corrected chi connectivity index (χ1v) is 5.11. The number of hydrogen-bond donors (Lipinski definition) is 0. The lowest BCUT2D eigenvalue weighted by Crippen LogP contribution is -2.15. The molecule has 2 heteroatoms. The van der Waals surface area contributed by atoms with Crippen LogP contribution in [0.1, 0.15) is 33.1 Å². The van der Waals surface area contributed by atoms with Crippen LogP contribution in [0.5, 0.6) is 0 Å². The van der Waals surface area contributed by atoms with E-state index in [4.69, 9.17) is 0 Å². The molecule has 0 amide bonds. The van der Waals surface area contributed by atoms with Crippen LogP contribution in [0.3, 0.4) is 0 Å². The van der Waals surface area contributed by atoms with Gasteiger partial charge in [-0.1, -0.05) is 52.5 Å². The van der Waals surface area contributed by atoms with Gasteiger partial charge in [0.2, 0.25) is 0 Å². The fourth-order valence-electron chi connectivity index (χ4n) is 1.42. The highest BCUT2D eigenvalue weighted by Crippen LogP contribution is 2.22. The Bertz CT molecular complexity index is 87.6. The highest BCUT2D eigenvalue weighted by molar-refractivity contribution is 6.65. The van der Waals surface area contributed by atoms with Gasteiger partial charge in [0.05, 0.1) is 7.85 Å². The third-order valence-corrected chi connectivity index (χ3v) is 3.00. The largest absolute Gasteiger partial charge is 0.128 e. The van der Waals surface area contributed by atoms with E-state index in [1.54, 1.807) is 0 Å². The fraction of sp³-hybridized carbons (Fsp3) is 1.00. The van der Waals surface area contributed by atoms with Gasteiger partial charge in [0.15, 0.2) is 0 Å². The summed E-state index contributed by atoms with van der Waals surface area (Å²) < 4.78 is 0. The van der Waals surface area contributed by atoms with Gasteiger partial charge in [-0.15, -0.1) is 0 Å². The Hall–Kier alpha value is 0.130. The van der Waals surface area contributed by atoms with Crippen LogP contribution in [0.2, 0.25) is 19.4 Å². The zero-order valence-electron chi connectivity index (χ0n) is 8.85. The van der Waals surface area contributed by atoms with Crippen molar-refractivity contribution in [3.8, 4) is 0 Å². The first-order valence-electron chi connectivity index (χ1n) is 5.11. The van der Waals surface area contributed by atoms with E-state index in [9.17, 15) is 0 Å². The topological polar surface area (TPSA) is 0 Å². The SMILES string of the molecule is BC(CC(CC)CC)B(C)C. The summed E-state index contributed by atoms with van der Waals surface area (Å²) in [5, 5.41) is 0. The Labute approximate surface area is 73.6 Å². The highest BCUT2D eigenvalue weighted by Gasteiger charge is 2.14. The molecule has 0 radical (unpaired) electrons. The molecule has 0 heterocycles. The van der Waals surface area contributed by atoms with Crippen molar-refractivity contribution >= 4 is 14.6 Å². The molecule has 0 aromatic carbocycles. The molecule has 0 aliphatic carbocycles. The third-order valence-electron chi connectivity index (χ3n) is 3.00. The van der Waals surface area contributed by atoms with E-state index in [1.165, 1.54) is 19.3 Å². The van der Waals surface area contributed by atoms with Gasteiger partial charge in [0.25, 0.3) is 0 Å². The van der Waals surface area contributed by atoms with Crippen molar-refractivity contribution in [1.29, 1.82) is 0 Å². The first-order chi connectivity index (χ1) is 5.11. The summed E-state index contributed by atoms with van der Waals surface area (Å²) in [5.74, 6) is 0.965. The molecule has 0 aromatic rings. The molecule has 0 bridgehead atoms. The second-order valence-corrected chi connectivity index (χ2v) is 4.14. The molecule has 1 unspecified atom stereocenters. The maximum Gasteiger partial charge on any atom is 0.128 e. The van der Waals surface area contributed by atoms with E-state index >= 15 is 0 Å². The maximum absolute atomic E-state index is 2.38. The molecule has 11 heavy (non-hydrogen) atoms. The van der Waals surface area contributed by atoms with E-state index in [1.807, 2.05) is 0 Å². The van der Waals surface area contributed by atoms with Gasteiger partial charge < -0.3 is 0 Å². The minimum atomic E-state index is 0.857. The van der Waals surface area contributed by atoms with Crippen molar-refractivity contribution < 1.29 is 0 Å². The molecule has 0 nitrogen and oxygen atoms in total. The molecule has 0 rings (SSSR count). The van der Waals surface area contributed by atoms with Gasteiger partial charge in [-0.3, -0.25) is 0 Å². The lowest BCUT2D eigenvalue weighted by Gasteiger charge is -2.19. The summed E-state index contributed by atoms with van der Waals surface area (Å²) in [4.78, 5) is 0. The fourth-order valence-corrected chi connectivity index (χ4v) is 1.42. The summed E-state index contributed by atoms with van der Waals surface area (Å²) in [6, 6.07) is 0. The van der Waals surface area contributed by atoms with E-state index in [0.29, 0.717) is 0 Å². The molecule has 1 atom stereocenters. The average Bonchev–Trinajstić information content (AvgIpc) is 1.99. The van der Waals surface area contributed by atoms with E-state index in [2.05, 4.69) is 35.3 Å². The van der Waals surface area contributed by atoms with Crippen LogP contribution in [0.15, 0.2) is 0 Å². The molecule has 0 aromatic heterocycles. The standard InChI is InChI=1S/C9H22B2/c1-5-8(6-2)7-9(10)11(3)4/h8-9H,5-7,10H2,1-4H3. The molecule has 0 fully saturated rings. The second kappa shape index (κ2) is 5.74. The van der Waals surface area contributed by atoms with Crippen molar-refractivity contribution in [2.75, 3.05) is 0 Å². The summed E-state index contributed by atoms with van der Waals surface area (Å²) in [5.41, 5.74) is 0.903. The quantitative estimate of drug-likeness (QED) is 0.530. The third kappa shape index (κ3) is 4.55. The zero-order chi connectivity index (χ0) is 8.85. The molecule has 0 aliphatic heterocycles. The van der Waals surface area contributed by atoms with Crippen molar-refractivity contribution in [3.05, 3.63) is 0 Å². The monoisotopic (exact) mass is 152 g/mol. The summed E-state index contributed by atoms with van der Waals surface area (Å²) in [7, 11) is 2.38. The van der Waals surface area contributed by atoms with Crippen molar-refractivity contribution in [3.63, 3.8) is 0 Å². The van der Waals surface area contributed by atoms with Crippen molar-refractivity contribution in [1.82, 2.24) is 0 Å². The van der Waals surface area contributed by atoms with Gasteiger partial charge >= 0.3 is 0 Å². The van der Waals surface area contributed by atoms with Crippen LogP contribution < -0.4 is 0 Å². The first kappa shape index (κ1) is 11.1. The van der Waals surface area contributed by atoms with Crippen LogP contribution in [0, 0.1) is 5.92 Å². The Balaban J connectivity index is 3.62. The Morgan fingerprint density at radius 2 is 1.64 bits per heavy atom. The Kier molecular flexibility index (Phi) is 5.81. The van der Waals surface area contributed by atoms with E-state index in [0.717, 1.165) is 18.3 Å². The molecular weight excluding hydrogens is 130 g/mol. The molecule has 0 spiro atoms. The van der Waals surface area contributed by atoms with Gasteiger partial charge in [-0.25, -0.2) is 0 Å². The Morgan fingerprint density at radius 3 is 1.91 bits per heavy atom. The number of rotatable bonds is 5. The maximum atomic E-state index is 2.38. The van der Waals surface area contributed by atoms with Crippen LogP contribution >= 0.6 is 0 Å². The molecule has 0 aliphatic rings. The minimum Gasteiger partial charge on any atom is -0.0897 e. The summed E-state index contributed by atoms with van der Waals surface area (Å²) >= 11 is 0. The highest BCUT2D eigenvalue weighted by atomic mass is 14.1. The van der Waals surface area contributed by atoms with Gasteiger partial charge in [-0.2, -0.15) is 0 Å². The number of hydrogen-bond acceptors (Lipinski definition) is 0. The van der Waals surface area contributed by atoms with E-state index in [-0.39, 0.29) is 0 Å². The molecular formula is C9H22B2. The second-order valence-electron chi connectivity index (χ2n) is 4.14. The smallest absolute Gasteiger partial charge is 0.0897 e. The minimum absolute atomic E-state index is 0.857. The van der Waals surface area contributed by atoms with Crippen LogP contribution in [-0.2, 0) is 0 Å².